The third-order valence-electron chi connectivity index (χ3n) is 5.71. The summed E-state index contributed by atoms with van der Waals surface area (Å²) < 4.78 is 0. The van der Waals surface area contributed by atoms with E-state index in [-0.39, 0.29) is 18.7 Å². The minimum absolute atomic E-state index is 0.00876. The molecular formula is C25H44NO6. The molecule has 1 atom stereocenters. The Bertz CT molecular complexity index is 509. The maximum absolute atomic E-state index is 11.8. The van der Waals surface area contributed by atoms with Crippen molar-refractivity contribution in [3.63, 3.8) is 0 Å². The van der Waals surface area contributed by atoms with E-state index in [1.54, 1.807) is 6.29 Å². The van der Waals surface area contributed by atoms with Gasteiger partial charge in [0.2, 0.25) is 5.91 Å². The molecule has 0 spiro atoms. The minimum Gasteiger partial charge on any atom is -0.481 e. The predicted octanol–water partition coefficient (Wildman–Crippen LogP) is 5.55. The average Bonchev–Trinajstić information content (AvgIpc) is 2.75. The average molecular weight is 455 g/mol. The summed E-state index contributed by atoms with van der Waals surface area (Å²) in [6, 6.07) is -1.00. The zero-order chi connectivity index (χ0) is 23.9. The second kappa shape index (κ2) is 22.3. The summed E-state index contributed by atoms with van der Waals surface area (Å²) >= 11 is 0. The summed E-state index contributed by atoms with van der Waals surface area (Å²) in [6.45, 7) is 0. The molecule has 0 aromatic heterocycles. The van der Waals surface area contributed by atoms with Crippen molar-refractivity contribution in [3.05, 3.63) is 0 Å². The monoisotopic (exact) mass is 454 g/mol. The van der Waals surface area contributed by atoms with Crippen molar-refractivity contribution in [1.29, 1.82) is 0 Å². The summed E-state index contributed by atoms with van der Waals surface area (Å²) in [7, 11) is 0. The Labute approximate surface area is 193 Å². The van der Waals surface area contributed by atoms with Crippen LogP contribution in [0, 0.1) is 0 Å². The molecule has 0 bridgehead atoms. The van der Waals surface area contributed by atoms with Crippen LogP contribution in [0.5, 0.6) is 0 Å². The molecular weight excluding hydrogens is 410 g/mol. The van der Waals surface area contributed by atoms with Gasteiger partial charge >= 0.3 is 11.9 Å². The summed E-state index contributed by atoms with van der Waals surface area (Å²) in [5.74, 6) is -2.06. The Morgan fingerprint density at radius 3 is 1.34 bits per heavy atom. The molecule has 0 saturated carbocycles. The number of aliphatic carboxylic acids is 2. The molecule has 0 aliphatic heterocycles. The Morgan fingerprint density at radius 2 is 1.00 bits per heavy atom. The molecule has 0 aromatic carbocycles. The molecule has 0 aliphatic rings. The van der Waals surface area contributed by atoms with Gasteiger partial charge in [0.1, 0.15) is 6.04 Å². The van der Waals surface area contributed by atoms with Crippen molar-refractivity contribution >= 4 is 24.1 Å². The van der Waals surface area contributed by atoms with Crippen LogP contribution in [0.4, 0.5) is 0 Å². The molecule has 1 amide bonds. The quantitative estimate of drug-likeness (QED) is 0.164. The van der Waals surface area contributed by atoms with E-state index in [0.717, 1.165) is 38.5 Å². The number of carbonyl (C=O) groups excluding carboxylic acids is 2. The molecule has 0 rings (SSSR count). The number of rotatable bonds is 24. The molecule has 0 fully saturated rings. The summed E-state index contributed by atoms with van der Waals surface area (Å²) in [5.41, 5.74) is 0. The van der Waals surface area contributed by atoms with Crippen LogP contribution in [0.25, 0.3) is 0 Å². The maximum atomic E-state index is 11.8. The lowest BCUT2D eigenvalue weighted by Gasteiger charge is -2.12. The van der Waals surface area contributed by atoms with E-state index >= 15 is 0 Å². The van der Waals surface area contributed by atoms with E-state index < -0.39 is 18.0 Å². The minimum atomic E-state index is -1.11. The third kappa shape index (κ3) is 21.3. The van der Waals surface area contributed by atoms with Crippen LogP contribution in [0.1, 0.15) is 128 Å². The van der Waals surface area contributed by atoms with Gasteiger partial charge in [-0.25, -0.2) is 4.79 Å². The number of amides is 1. The van der Waals surface area contributed by atoms with Gasteiger partial charge in [-0.2, -0.15) is 0 Å². The highest BCUT2D eigenvalue weighted by molar-refractivity contribution is 5.83. The molecule has 1 radical (unpaired) electrons. The van der Waals surface area contributed by atoms with Gasteiger partial charge in [-0.15, -0.1) is 0 Å². The van der Waals surface area contributed by atoms with Crippen LogP contribution < -0.4 is 5.32 Å². The van der Waals surface area contributed by atoms with Crippen LogP contribution in [0.3, 0.4) is 0 Å². The first-order chi connectivity index (χ1) is 15.5. The second-order valence-corrected chi connectivity index (χ2v) is 8.69. The Balaban J connectivity index is 3.34. The van der Waals surface area contributed by atoms with Crippen LogP contribution in [-0.2, 0) is 19.2 Å². The van der Waals surface area contributed by atoms with Crippen LogP contribution >= 0.6 is 0 Å². The van der Waals surface area contributed by atoms with Gasteiger partial charge in [0.15, 0.2) is 6.29 Å². The normalized spacial score (nSPS) is 11.8. The van der Waals surface area contributed by atoms with Gasteiger partial charge in [-0.1, -0.05) is 89.9 Å². The maximum Gasteiger partial charge on any atom is 0.326 e. The highest BCUT2D eigenvalue weighted by Crippen LogP contribution is 2.14. The van der Waals surface area contributed by atoms with Gasteiger partial charge in [0.25, 0.3) is 0 Å². The van der Waals surface area contributed by atoms with E-state index in [2.05, 4.69) is 5.32 Å². The largest absolute Gasteiger partial charge is 0.481 e. The molecule has 0 saturated heterocycles. The topological polar surface area (TPSA) is 121 Å². The number of carboxylic acid groups (broad SMARTS) is 2. The fraction of sp³-hybridized carbons (Fsp3) is 0.840. The predicted molar refractivity (Wildman–Crippen MR) is 125 cm³/mol. The fourth-order valence-electron chi connectivity index (χ4n) is 3.76. The highest BCUT2D eigenvalue weighted by atomic mass is 16.4. The third-order valence-corrected chi connectivity index (χ3v) is 5.71. The second-order valence-electron chi connectivity index (χ2n) is 8.69. The molecule has 0 aromatic rings. The number of carbonyl (C=O) groups is 3. The van der Waals surface area contributed by atoms with Gasteiger partial charge < -0.3 is 15.5 Å². The van der Waals surface area contributed by atoms with Crippen LogP contribution in [0.15, 0.2) is 0 Å². The zero-order valence-electron chi connectivity index (χ0n) is 19.7. The number of unbranched alkanes of at least 4 members (excludes halogenated alkanes) is 15. The summed E-state index contributed by atoms with van der Waals surface area (Å²) in [5, 5.41) is 20.1. The molecule has 185 valence electrons. The van der Waals surface area contributed by atoms with E-state index in [0.29, 0.717) is 12.8 Å². The van der Waals surface area contributed by atoms with Crippen LogP contribution in [-0.4, -0.2) is 40.4 Å². The Morgan fingerprint density at radius 1 is 0.625 bits per heavy atom. The molecule has 7 nitrogen and oxygen atoms in total. The fourth-order valence-corrected chi connectivity index (χ4v) is 3.76. The van der Waals surface area contributed by atoms with Crippen molar-refractivity contribution in [2.24, 2.45) is 0 Å². The summed E-state index contributed by atoms with van der Waals surface area (Å²) in [6.07, 6.45) is 20.8. The number of hydrogen-bond donors (Lipinski definition) is 3. The van der Waals surface area contributed by atoms with Crippen molar-refractivity contribution in [3.8, 4) is 0 Å². The van der Waals surface area contributed by atoms with E-state index in [4.69, 9.17) is 10.2 Å². The van der Waals surface area contributed by atoms with Crippen LogP contribution in [0.2, 0.25) is 0 Å². The lowest BCUT2D eigenvalue weighted by Crippen LogP contribution is -2.40. The molecule has 32 heavy (non-hydrogen) atoms. The zero-order valence-corrected chi connectivity index (χ0v) is 19.7. The molecule has 3 N–H and O–H groups in total. The van der Waals surface area contributed by atoms with E-state index in [1.807, 2.05) is 0 Å². The number of carboxylic acids is 2. The smallest absolute Gasteiger partial charge is 0.326 e. The summed E-state index contributed by atoms with van der Waals surface area (Å²) in [4.78, 5) is 43.5. The van der Waals surface area contributed by atoms with E-state index in [1.165, 1.54) is 64.2 Å². The highest BCUT2D eigenvalue weighted by Gasteiger charge is 2.18. The van der Waals surface area contributed by atoms with Gasteiger partial charge in [0, 0.05) is 19.3 Å². The first-order valence-corrected chi connectivity index (χ1v) is 12.6. The van der Waals surface area contributed by atoms with Crippen molar-refractivity contribution in [2.45, 2.75) is 134 Å². The van der Waals surface area contributed by atoms with E-state index in [9.17, 15) is 19.2 Å². The number of nitrogens with one attached hydrogen (secondary N) is 1. The van der Waals surface area contributed by atoms with Crippen molar-refractivity contribution < 1.29 is 29.4 Å². The molecule has 0 aliphatic carbocycles. The van der Waals surface area contributed by atoms with Gasteiger partial charge in [-0.3, -0.25) is 14.4 Å². The number of hydrogen-bond acceptors (Lipinski definition) is 4. The molecule has 7 heteroatoms. The van der Waals surface area contributed by atoms with Gasteiger partial charge in [-0.05, 0) is 19.3 Å². The standard InChI is InChI=1S/C25H44NO6/c27-21-17-18-22(25(31)32)26-23(28)19-15-13-11-9-7-5-3-1-2-4-6-8-10-12-14-16-20-24(29)30/h22H,1-20H2,(H,26,28)(H,29,30)(H,31,32)/t22-/m0/s1. The molecule has 0 heterocycles. The first-order valence-electron chi connectivity index (χ1n) is 12.6. The SMILES string of the molecule is O=[C]CC[C@H](NC(=O)CCCCCCCCCCCCCCCCCCC(=O)O)C(=O)O. The first kappa shape index (κ1) is 30.1. The lowest BCUT2D eigenvalue weighted by atomic mass is 10.0. The molecule has 0 unspecified atom stereocenters. The van der Waals surface area contributed by atoms with Crippen molar-refractivity contribution in [2.75, 3.05) is 0 Å². The Hall–Kier alpha value is -1.92. The lowest BCUT2D eigenvalue weighted by molar-refractivity contribution is -0.142. The van der Waals surface area contributed by atoms with Crippen molar-refractivity contribution in [1.82, 2.24) is 5.32 Å². The van der Waals surface area contributed by atoms with Gasteiger partial charge in [0.05, 0.1) is 0 Å². The Kier molecular flexibility index (Phi) is 20.9.